The number of nitrogens with two attached hydrogens (primary N) is 1. The lowest BCUT2D eigenvalue weighted by Gasteiger charge is -2.26. The fourth-order valence-corrected chi connectivity index (χ4v) is 3.36. The van der Waals surface area contributed by atoms with Crippen molar-refractivity contribution in [3.63, 3.8) is 0 Å². The van der Waals surface area contributed by atoms with Crippen molar-refractivity contribution >= 4 is 27.1 Å². The molecule has 21 heavy (non-hydrogen) atoms. The van der Waals surface area contributed by atoms with Gasteiger partial charge < -0.3 is 16.0 Å². The van der Waals surface area contributed by atoms with E-state index in [2.05, 4.69) is 5.32 Å². The molecule has 6 nitrogen and oxygen atoms in total. The molecular formula is C13H18FN3O3S. The minimum absolute atomic E-state index is 0.0194. The predicted molar refractivity (Wildman–Crippen MR) is 79.2 cm³/mol. The highest BCUT2D eigenvalue weighted by molar-refractivity contribution is 7.91. The molecule has 1 amide bonds. The number of hydrogen-bond donors (Lipinski definition) is 2. The van der Waals surface area contributed by atoms with Gasteiger partial charge in [-0.2, -0.15) is 0 Å². The van der Waals surface area contributed by atoms with Crippen LogP contribution in [0.3, 0.4) is 0 Å². The van der Waals surface area contributed by atoms with Crippen LogP contribution in [0.5, 0.6) is 0 Å². The Morgan fingerprint density at radius 1 is 1.33 bits per heavy atom. The maximum Gasteiger partial charge on any atom is 0.225 e. The molecule has 0 aliphatic carbocycles. The summed E-state index contributed by atoms with van der Waals surface area (Å²) in [6.45, 7) is 1.41. The summed E-state index contributed by atoms with van der Waals surface area (Å²) in [5.74, 6) is -0.455. The lowest BCUT2D eigenvalue weighted by molar-refractivity contribution is -0.116. The van der Waals surface area contributed by atoms with Gasteiger partial charge in [-0.25, -0.2) is 12.8 Å². The van der Waals surface area contributed by atoms with Crippen molar-refractivity contribution in [3.8, 4) is 0 Å². The fourth-order valence-electron chi connectivity index (χ4n) is 2.08. The molecule has 0 atom stereocenters. The summed E-state index contributed by atoms with van der Waals surface area (Å²) in [5.41, 5.74) is 5.85. The summed E-state index contributed by atoms with van der Waals surface area (Å²) in [5, 5.41) is 2.64. The molecule has 1 fully saturated rings. The summed E-state index contributed by atoms with van der Waals surface area (Å²) >= 11 is 0. The Balaban J connectivity index is 1.78. The number of carbonyl (C=O) groups is 1. The van der Waals surface area contributed by atoms with E-state index in [1.807, 2.05) is 4.90 Å². The zero-order chi connectivity index (χ0) is 15.5. The number of nitrogens with one attached hydrogen (secondary N) is 1. The summed E-state index contributed by atoms with van der Waals surface area (Å²) in [4.78, 5) is 13.7. The van der Waals surface area contributed by atoms with Crippen molar-refractivity contribution in [1.29, 1.82) is 0 Å². The molecule has 1 aromatic rings. The second-order valence-corrected chi connectivity index (χ2v) is 7.33. The molecule has 1 aliphatic rings. The Morgan fingerprint density at radius 2 is 2.00 bits per heavy atom. The van der Waals surface area contributed by atoms with Gasteiger partial charge in [0, 0.05) is 31.7 Å². The first-order valence-corrected chi connectivity index (χ1v) is 8.45. The number of rotatable bonds is 4. The van der Waals surface area contributed by atoms with Crippen molar-refractivity contribution in [3.05, 3.63) is 24.0 Å². The van der Waals surface area contributed by atoms with Gasteiger partial charge in [0.15, 0.2) is 9.84 Å². The van der Waals surface area contributed by atoms with E-state index in [-0.39, 0.29) is 29.5 Å². The van der Waals surface area contributed by atoms with Crippen LogP contribution < -0.4 is 11.1 Å². The second kappa shape index (κ2) is 6.40. The van der Waals surface area contributed by atoms with Crippen LogP contribution in [-0.2, 0) is 14.6 Å². The topological polar surface area (TPSA) is 92.5 Å². The Bertz CT molecular complexity index is 620. The third-order valence-corrected chi connectivity index (χ3v) is 4.98. The predicted octanol–water partition coefficient (Wildman–Crippen LogP) is 0.467. The first-order valence-electron chi connectivity index (χ1n) is 6.63. The van der Waals surface area contributed by atoms with Gasteiger partial charge in [0.2, 0.25) is 5.91 Å². The van der Waals surface area contributed by atoms with Crippen LogP contribution in [0, 0.1) is 5.82 Å². The summed E-state index contributed by atoms with van der Waals surface area (Å²) in [6.07, 6.45) is 0.247. The monoisotopic (exact) mass is 315 g/mol. The molecule has 116 valence electrons. The Morgan fingerprint density at radius 3 is 2.62 bits per heavy atom. The number of amides is 1. The lowest BCUT2D eigenvalue weighted by Crippen LogP contribution is -2.41. The van der Waals surface area contributed by atoms with Gasteiger partial charge in [0.25, 0.3) is 0 Å². The quantitative estimate of drug-likeness (QED) is 0.788. The molecule has 0 spiro atoms. The van der Waals surface area contributed by atoms with E-state index < -0.39 is 15.7 Å². The van der Waals surface area contributed by atoms with E-state index in [9.17, 15) is 17.6 Å². The number of halogens is 1. The highest BCUT2D eigenvalue weighted by Gasteiger charge is 2.21. The first kappa shape index (κ1) is 15.7. The van der Waals surface area contributed by atoms with E-state index >= 15 is 0 Å². The summed E-state index contributed by atoms with van der Waals surface area (Å²) < 4.78 is 35.6. The zero-order valence-corrected chi connectivity index (χ0v) is 12.3. The van der Waals surface area contributed by atoms with Gasteiger partial charge in [-0.3, -0.25) is 4.79 Å². The van der Waals surface area contributed by atoms with Gasteiger partial charge in [-0.15, -0.1) is 0 Å². The normalized spacial score (nSPS) is 18.3. The van der Waals surface area contributed by atoms with E-state index in [0.717, 1.165) is 0 Å². The second-order valence-electron chi connectivity index (χ2n) is 5.03. The van der Waals surface area contributed by atoms with E-state index in [1.165, 1.54) is 18.2 Å². The standard InChI is InChI=1S/C13H18FN3O3S/c14-11-2-1-10(9-12(11)15)16-13(18)3-4-17-5-7-21(19,20)8-6-17/h1-2,9H,3-8,15H2,(H,16,18). The largest absolute Gasteiger partial charge is 0.396 e. The average Bonchev–Trinajstić information content (AvgIpc) is 2.42. The highest BCUT2D eigenvalue weighted by Crippen LogP contribution is 2.16. The first-order chi connectivity index (χ1) is 9.85. The van der Waals surface area contributed by atoms with E-state index in [0.29, 0.717) is 25.3 Å². The highest BCUT2D eigenvalue weighted by atomic mass is 32.2. The molecule has 1 aliphatic heterocycles. The van der Waals surface area contributed by atoms with Gasteiger partial charge in [0.1, 0.15) is 5.82 Å². The smallest absolute Gasteiger partial charge is 0.225 e. The van der Waals surface area contributed by atoms with Gasteiger partial charge >= 0.3 is 0 Å². The number of nitrogens with zero attached hydrogens (tertiary/aromatic N) is 1. The molecule has 0 unspecified atom stereocenters. The van der Waals surface area contributed by atoms with Crippen molar-refractivity contribution in [2.24, 2.45) is 0 Å². The van der Waals surface area contributed by atoms with Crippen molar-refractivity contribution in [2.75, 3.05) is 42.2 Å². The Labute approximate surface area is 123 Å². The van der Waals surface area contributed by atoms with Gasteiger partial charge in [-0.05, 0) is 18.2 Å². The number of nitrogen functional groups attached to an aromatic ring is 1. The van der Waals surface area contributed by atoms with Crippen LogP contribution in [0.4, 0.5) is 15.8 Å². The average molecular weight is 315 g/mol. The molecule has 0 radical (unpaired) electrons. The minimum atomic E-state index is -2.90. The van der Waals surface area contributed by atoms with Crippen LogP contribution in [0.2, 0.25) is 0 Å². The molecule has 0 bridgehead atoms. The Kier molecular flexibility index (Phi) is 4.79. The van der Waals surface area contributed by atoms with Crippen LogP contribution in [0.15, 0.2) is 18.2 Å². The third kappa shape index (κ3) is 4.68. The number of benzene rings is 1. The summed E-state index contributed by atoms with van der Waals surface area (Å²) in [6, 6.07) is 4.00. The maximum absolute atomic E-state index is 13.0. The molecule has 3 N–H and O–H groups in total. The van der Waals surface area contributed by atoms with Gasteiger partial charge in [0.05, 0.1) is 17.2 Å². The molecular weight excluding hydrogens is 297 g/mol. The third-order valence-electron chi connectivity index (χ3n) is 3.37. The van der Waals surface area contributed by atoms with Crippen molar-refractivity contribution in [2.45, 2.75) is 6.42 Å². The molecule has 2 rings (SSSR count). The van der Waals surface area contributed by atoms with Crippen LogP contribution in [-0.4, -0.2) is 50.4 Å². The SMILES string of the molecule is Nc1cc(NC(=O)CCN2CCS(=O)(=O)CC2)ccc1F. The van der Waals surface area contributed by atoms with Crippen molar-refractivity contribution < 1.29 is 17.6 Å². The molecule has 1 heterocycles. The molecule has 0 aromatic heterocycles. The molecule has 0 saturated carbocycles. The fraction of sp³-hybridized carbons (Fsp3) is 0.462. The Hall–Kier alpha value is -1.67. The van der Waals surface area contributed by atoms with Crippen LogP contribution in [0.1, 0.15) is 6.42 Å². The number of sulfone groups is 1. The maximum atomic E-state index is 13.0. The van der Waals surface area contributed by atoms with E-state index in [1.54, 1.807) is 0 Å². The molecule has 1 saturated heterocycles. The van der Waals surface area contributed by atoms with Crippen LogP contribution in [0.25, 0.3) is 0 Å². The van der Waals surface area contributed by atoms with Crippen molar-refractivity contribution in [1.82, 2.24) is 4.90 Å². The number of anilines is 2. The van der Waals surface area contributed by atoms with Gasteiger partial charge in [-0.1, -0.05) is 0 Å². The molecule has 1 aromatic carbocycles. The minimum Gasteiger partial charge on any atom is -0.396 e. The lowest BCUT2D eigenvalue weighted by atomic mass is 10.2. The summed E-state index contributed by atoms with van der Waals surface area (Å²) in [7, 11) is -2.90. The number of carbonyl (C=O) groups excluding carboxylic acids is 1. The molecule has 8 heteroatoms. The zero-order valence-electron chi connectivity index (χ0n) is 11.5. The number of hydrogen-bond acceptors (Lipinski definition) is 5. The van der Waals surface area contributed by atoms with E-state index in [4.69, 9.17) is 5.73 Å². The van der Waals surface area contributed by atoms with Crippen LogP contribution >= 0.6 is 0 Å².